The highest BCUT2D eigenvalue weighted by Gasteiger charge is 2.19. The van der Waals surface area contributed by atoms with Crippen molar-refractivity contribution < 1.29 is 4.39 Å². The monoisotopic (exact) mass is 374 g/mol. The SMILES string of the molecule is Fc1ccc(-c2nnc3ccc(N4CCN(c5ccccc5)CC4)nn23)cc1. The van der Waals surface area contributed by atoms with E-state index in [2.05, 4.69) is 44.3 Å². The lowest BCUT2D eigenvalue weighted by Gasteiger charge is -2.36. The highest BCUT2D eigenvalue weighted by atomic mass is 19.1. The minimum absolute atomic E-state index is 0.275. The van der Waals surface area contributed by atoms with Crippen LogP contribution in [0.3, 0.4) is 0 Å². The summed E-state index contributed by atoms with van der Waals surface area (Å²) in [5.41, 5.74) is 2.71. The van der Waals surface area contributed by atoms with Crippen LogP contribution < -0.4 is 9.80 Å². The number of para-hydroxylation sites is 1. The Bertz CT molecular complexity index is 1090. The quantitative estimate of drug-likeness (QED) is 0.551. The molecule has 1 fully saturated rings. The van der Waals surface area contributed by atoms with Gasteiger partial charge >= 0.3 is 0 Å². The normalized spacial score (nSPS) is 14.6. The average Bonchev–Trinajstić information content (AvgIpc) is 3.18. The largest absolute Gasteiger partial charge is 0.368 e. The standard InChI is InChI=1S/C21H19FN6/c22-17-8-6-16(7-9-17)21-24-23-19-10-11-20(25-28(19)21)27-14-12-26(13-15-27)18-4-2-1-3-5-18/h1-11H,12-15H2. The summed E-state index contributed by atoms with van der Waals surface area (Å²) >= 11 is 0. The first-order valence-electron chi connectivity index (χ1n) is 9.31. The second-order valence-electron chi connectivity index (χ2n) is 6.80. The number of hydrogen-bond acceptors (Lipinski definition) is 5. The molecule has 1 aliphatic rings. The Morgan fingerprint density at radius 3 is 2.18 bits per heavy atom. The van der Waals surface area contributed by atoms with Gasteiger partial charge in [-0.25, -0.2) is 4.39 Å². The van der Waals surface area contributed by atoms with Gasteiger partial charge < -0.3 is 9.80 Å². The third-order valence-corrected chi connectivity index (χ3v) is 5.08. The molecule has 0 radical (unpaired) electrons. The van der Waals surface area contributed by atoms with Crippen molar-refractivity contribution in [1.29, 1.82) is 0 Å². The molecule has 1 saturated heterocycles. The van der Waals surface area contributed by atoms with Crippen LogP contribution in [0.15, 0.2) is 66.7 Å². The van der Waals surface area contributed by atoms with E-state index in [4.69, 9.17) is 5.10 Å². The number of fused-ring (bicyclic) bond motifs is 1. The summed E-state index contributed by atoms with van der Waals surface area (Å²) in [6.45, 7) is 3.66. The number of nitrogens with zero attached hydrogens (tertiary/aromatic N) is 6. The van der Waals surface area contributed by atoms with Gasteiger partial charge in [0.15, 0.2) is 11.5 Å². The summed E-state index contributed by atoms with van der Waals surface area (Å²) in [5, 5.41) is 13.2. The predicted molar refractivity (Wildman–Crippen MR) is 107 cm³/mol. The lowest BCUT2D eigenvalue weighted by molar-refractivity contribution is 0.628. The maximum atomic E-state index is 13.2. The van der Waals surface area contributed by atoms with Crippen LogP contribution in [0.2, 0.25) is 0 Å². The first kappa shape index (κ1) is 16.7. The molecule has 0 aliphatic carbocycles. The first-order valence-corrected chi connectivity index (χ1v) is 9.31. The van der Waals surface area contributed by atoms with Gasteiger partial charge in [-0.2, -0.15) is 4.52 Å². The van der Waals surface area contributed by atoms with Crippen LogP contribution in [0.1, 0.15) is 0 Å². The zero-order valence-corrected chi connectivity index (χ0v) is 15.2. The number of halogens is 1. The first-order chi connectivity index (χ1) is 13.8. The van der Waals surface area contributed by atoms with E-state index in [1.165, 1.54) is 17.8 Å². The van der Waals surface area contributed by atoms with E-state index in [1.807, 2.05) is 18.2 Å². The second-order valence-corrected chi connectivity index (χ2v) is 6.80. The van der Waals surface area contributed by atoms with Crippen LogP contribution in [0.4, 0.5) is 15.9 Å². The van der Waals surface area contributed by atoms with Gasteiger partial charge in [-0.1, -0.05) is 18.2 Å². The van der Waals surface area contributed by atoms with Gasteiger partial charge in [0, 0.05) is 37.4 Å². The zero-order chi connectivity index (χ0) is 18.9. The van der Waals surface area contributed by atoms with Crippen molar-refractivity contribution in [3.8, 4) is 11.4 Å². The lowest BCUT2D eigenvalue weighted by atomic mass is 10.2. The van der Waals surface area contributed by atoms with Crippen molar-refractivity contribution in [1.82, 2.24) is 19.8 Å². The van der Waals surface area contributed by atoms with Crippen LogP contribution in [0.5, 0.6) is 0 Å². The van der Waals surface area contributed by atoms with Crippen molar-refractivity contribution in [2.75, 3.05) is 36.0 Å². The molecule has 0 amide bonds. The van der Waals surface area contributed by atoms with Crippen LogP contribution >= 0.6 is 0 Å². The molecule has 5 rings (SSSR count). The average molecular weight is 374 g/mol. The maximum Gasteiger partial charge on any atom is 0.185 e. The van der Waals surface area contributed by atoms with Crippen LogP contribution in [0.25, 0.3) is 17.0 Å². The maximum absolute atomic E-state index is 13.2. The zero-order valence-electron chi connectivity index (χ0n) is 15.2. The van der Waals surface area contributed by atoms with Crippen LogP contribution in [0, 0.1) is 5.82 Å². The van der Waals surface area contributed by atoms with Gasteiger partial charge in [-0.3, -0.25) is 0 Å². The Morgan fingerprint density at radius 2 is 1.43 bits per heavy atom. The molecule has 3 heterocycles. The topological polar surface area (TPSA) is 49.6 Å². The summed E-state index contributed by atoms with van der Waals surface area (Å²) < 4.78 is 15.0. The Hall–Kier alpha value is -3.48. The second kappa shape index (κ2) is 6.92. The fourth-order valence-corrected chi connectivity index (χ4v) is 3.56. The van der Waals surface area contributed by atoms with Crippen LogP contribution in [-0.2, 0) is 0 Å². The predicted octanol–water partition coefficient (Wildman–Crippen LogP) is 3.26. The highest BCUT2D eigenvalue weighted by Crippen LogP contribution is 2.22. The molecule has 0 atom stereocenters. The van der Waals surface area contributed by atoms with E-state index < -0.39 is 0 Å². The summed E-state index contributed by atoms with van der Waals surface area (Å²) in [5.74, 6) is 1.23. The number of anilines is 2. The molecule has 0 unspecified atom stereocenters. The van der Waals surface area contributed by atoms with E-state index in [9.17, 15) is 4.39 Å². The molecule has 4 aromatic rings. The highest BCUT2D eigenvalue weighted by molar-refractivity contribution is 5.60. The van der Waals surface area contributed by atoms with E-state index >= 15 is 0 Å². The van der Waals surface area contributed by atoms with Gasteiger partial charge in [0.2, 0.25) is 0 Å². The molecular weight excluding hydrogens is 355 g/mol. The summed E-state index contributed by atoms with van der Waals surface area (Å²) in [6.07, 6.45) is 0. The number of aromatic nitrogens is 4. The molecular formula is C21H19FN6. The molecule has 2 aromatic carbocycles. The Balaban J connectivity index is 1.40. The molecule has 7 heteroatoms. The van der Waals surface area contributed by atoms with Crippen LogP contribution in [-0.4, -0.2) is 46.0 Å². The third-order valence-electron chi connectivity index (χ3n) is 5.08. The number of piperazine rings is 1. The Labute approximate surface area is 161 Å². The molecule has 2 aromatic heterocycles. The van der Waals surface area contributed by atoms with Crippen molar-refractivity contribution in [2.45, 2.75) is 0 Å². The molecule has 0 N–H and O–H groups in total. The van der Waals surface area contributed by atoms with E-state index in [1.54, 1.807) is 16.6 Å². The molecule has 0 saturated carbocycles. The Kier molecular flexibility index (Phi) is 4.12. The molecule has 0 spiro atoms. The summed E-state index contributed by atoms with van der Waals surface area (Å²) in [6, 6.07) is 20.6. The number of rotatable bonds is 3. The fraction of sp³-hybridized carbons (Fsp3) is 0.190. The van der Waals surface area contributed by atoms with Gasteiger partial charge in [-0.15, -0.1) is 15.3 Å². The molecule has 28 heavy (non-hydrogen) atoms. The molecule has 1 aliphatic heterocycles. The molecule has 0 bridgehead atoms. The van der Waals surface area contributed by atoms with Crippen molar-refractivity contribution in [3.05, 3.63) is 72.5 Å². The van der Waals surface area contributed by atoms with Crippen molar-refractivity contribution in [3.63, 3.8) is 0 Å². The van der Waals surface area contributed by atoms with Gasteiger partial charge in [-0.05, 0) is 48.5 Å². The van der Waals surface area contributed by atoms with Gasteiger partial charge in [0.1, 0.15) is 11.6 Å². The summed E-state index contributed by atoms with van der Waals surface area (Å²) in [4.78, 5) is 4.66. The minimum Gasteiger partial charge on any atom is -0.368 e. The summed E-state index contributed by atoms with van der Waals surface area (Å²) in [7, 11) is 0. The van der Waals surface area contributed by atoms with E-state index in [-0.39, 0.29) is 5.82 Å². The number of benzene rings is 2. The number of hydrogen-bond donors (Lipinski definition) is 0. The molecule has 140 valence electrons. The fourth-order valence-electron chi connectivity index (χ4n) is 3.56. The van der Waals surface area contributed by atoms with Crippen molar-refractivity contribution >= 4 is 17.2 Å². The van der Waals surface area contributed by atoms with E-state index in [0.29, 0.717) is 11.5 Å². The minimum atomic E-state index is -0.275. The lowest BCUT2D eigenvalue weighted by Crippen LogP contribution is -2.46. The smallest absolute Gasteiger partial charge is 0.185 e. The van der Waals surface area contributed by atoms with Gasteiger partial charge in [0.05, 0.1) is 0 Å². The Morgan fingerprint density at radius 1 is 0.714 bits per heavy atom. The molecule has 6 nitrogen and oxygen atoms in total. The van der Waals surface area contributed by atoms with Crippen molar-refractivity contribution in [2.24, 2.45) is 0 Å². The third kappa shape index (κ3) is 3.05. The van der Waals surface area contributed by atoms with Gasteiger partial charge in [0.25, 0.3) is 0 Å². The van der Waals surface area contributed by atoms with E-state index in [0.717, 1.165) is 37.6 Å².